The number of pyridine rings is 1. The first-order valence-electron chi connectivity index (χ1n) is 7.79. The van der Waals surface area contributed by atoms with Crippen molar-refractivity contribution >= 4 is 0 Å². The van der Waals surface area contributed by atoms with E-state index in [1.54, 1.807) is 7.11 Å². The number of methoxy groups -OCH3 is 1. The second-order valence-electron chi connectivity index (χ2n) is 5.20. The number of hydrogen-bond acceptors (Lipinski definition) is 3. The molecule has 1 aromatic carbocycles. The highest BCUT2D eigenvalue weighted by molar-refractivity contribution is 5.62. The minimum Gasteiger partial charge on any atom is -0.497 e. The van der Waals surface area contributed by atoms with Gasteiger partial charge >= 0.3 is 0 Å². The Morgan fingerprint density at radius 1 is 1.18 bits per heavy atom. The Kier molecular flexibility index (Phi) is 5.78. The van der Waals surface area contributed by atoms with Crippen molar-refractivity contribution in [2.24, 2.45) is 0 Å². The molecule has 22 heavy (non-hydrogen) atoms. The van der Waals surface area contributed by atoms with Crippen LogP contribution in [0, 0.1) is 0 Å². The van der Waals surface area contributed by atoms with Crippen LogP contribution in [-0.4, -0.2) is 18.2 Å². The summed E-state index contributed by atoms with van der Waals surface area (Å²) in [6.07, 6.45) is 1.06. The van der Waals surface area contributed by atoms with Gasteiger partial charge in [0.25, 0.3) is 5.56 Å². The predicted octanol–water partition coefficient (Wildman–Crippen LogP) is 3.04. The van der Waals surface area contributed by atoms with Crippen molar-refractivity contribution in [2.75, 3.05) is 13.7 Å². The number of nitrogens with zero attached hydrogens (tertiary/aromatic N) is 1. The number of ether oxygens (including phenoxy) is 1. The van der Waals surface area contributed by atoms with Crippen LogP contribution in [0.2, 0.25) is 0 Å². The SMILES string of the molecule is CCCNCc1ccc(-c2cccc(OC)c2)n(CC)c1=O. The molecule has 0 fully saturated rings. The van der Waals surface area contributed by atoms with E-state index in [0.29, 0.717) is 13.1 Å². The predicted molar refractivity (Wildman–Crippen MR) is 90.4 cm³/mol. The maximum atomic E-state index is 12.6. The summed E-state index contributed by atoms with van der Waals surface area (Å²) in [5.41, 5.74) is 2.80. The number of rotatable bonds is 7. The molecule has 118 valence electrons. The van der Waals surface area contributed by atoms with Crippen LogP contribution in [0.1, 0.15) is 25.8 Å². The molecule has 0 aliphatic heterocycles. The van der Waals surface area contributed by atoms with E-state index in [4.69, 9.17) is 4.74 Å². The summed E-state index contributed by atoms with van der Waals surface area (Å²) in [5.74, 6) is 0.793. The second-order valence-corrected chi connectivity index (χ2v) is 5.20. The molecule has 0 unspecified atom stereocenters. The molecule has 2 rings (SSSR count). The van der Waals surface area contributed by atoms with Crippen LogP contribution in [-0.2, 0) is 13.1 Å². The summed E-state index contributed by atoms with van der Waals surface area (Å²) in [4.78, 5) is 12.6. The summed E-state index contributed by atoms with van der Waals surface area (Å²) < 4.78 is 7.09. The van der Waals surface area contributed by atoms with E-state index >= 15 is 0 Å². The third kappa shape index (κ3) is 3.57. The van der Waals surface area contributed by atoms with Gasteiger partial charge in [-0.05, 0) is 38.1 Å². The van der Waals surface area contributed by atoms with Gasteiger partial charge in [0.15, 0.2) is 0 Å². The van der Waals surface area contributed by atoms with Crippen LogP contribution in [0.15, 0.2) is 41.2 Å². The molecule has 4 heteroatoms. The molecule has 1 aromatic heterocycles. The van der Waals surface area contributed by atoms with Gasteiger partial charge in [0, 0.05) is 24.2 Å². The van der Waals surface area contributed by atoms with Gasteiger partial charge < -0.3 is 14.6 Å². The molecule has 0 amide bonds. The molecule has 0 aliphatic carbocycles. The van der Waals surface area contributed by atoms with Crippen LogP contribution >= 0.6 is 0 Å². The summed E-state index contributed by atoms with van der Waals surface area (Å²) >= 11 is 0. The van der Waals surface area contributed by atoms with Crippen molar-refractivity contribution in [1.29, 1.82) is 0 Å². The molecular formula is C18H24N2O2. The Morgan fingerprint density at radius 2 is 2.00 bits per heavy atom. The van der Waals surface area contributed by atoms with Crippen LogP contribution in [0.5, 0.6) is 5.75 Å². The van der Waals surface area contributed by atoms with E-state index in [9.17, 15) is 4.79 Å². The van der Waals surface area contributed by atoms with E-state index in [2.05, 4.69) is 12.2 Å². The molecule has 2 aromatic rings. The molecule has 0 bridgehead atoms. The fraction of sp³-hybridized carbons (Fsp3) is 0.389. The maximum Gasteiger partial charge on any atom is 0.255 e. The Labute approximate surface area is 131 Å². The van der Waals surface area contributed by atoms with Crippen molar-refractivity contribution in [3.63, 3.8) is 0 Å². The smallest absolute Gasteiger partial charge is 0.255 e. The topological polar surface area (TPSA) is 43.3 Å². The molecular weight excluding hydrogens is 276 g/mol. The molecule has 4 nitrogen and oxygen atoms in total. The normalized spacial score (nSPS) is 10.7. The minimum atomic E-state index is 0.0754. The standard InChI is InChI=1S/C18H24N2O2/c1-4-11-19-13-15-9-10-17(20(5-2)18(15)21)14-7-6-8-16(12-14)22-3/h6-10,12,19H,4-5,11,13H2,1-3H3. The van der Waals surface area contributed by atoms with Crippen molar-refractivity contribution in [1.82, 2.24) is 9.88 Å². The monoisotopic (exact) mass is 300 g/mol. The zero-order chi connectivity index (χ0) is 15.9. The first-order chi connectivity index (χ1) is 10.7. The van der Waals surface area contributed by atoms with Crippen LogP contribution < -0.4 is 15.6 Å². The van der Waals surface area contributed by atoms with E-state index < -0.39 is 0 Å². The average Bonchev–Trinajstić information content (AvgIpc) is 2.56. The van der Waals surface area contributed by atoms with Gasteiger partial charge in [-0.25, -0.2) is 0 Å². The van der Waals surface area contributed by atoms with Gasteiger partial charge in [-0.2, -0.15) is 0 Å². The summed E-state index contributed by atoms with van der Waals surface area (Å²) in [7, 11) is 1.65. The number of aromatic nitrogens is 1. The first kappa shape index (κ1) is 16.3. The Balaban J connectivity index is 2.40. The molecule has 1 heterocycles. The van der Waals surface area contributed by atoms with Crippen molar-refractivity contribution in [3.05, 3.63) is 52.3 Å². The lowest BCUT2D eigenvalue weighted by atomic mass is 10.1. The molecule has 1 N–H and O–H groups in total. The Hall–Kier alpha value is -2.07. The molecule has 0 aliphatic rings. The van der Waals surface area contributed by atoms with Crippen LogP contribution in [0.4, 0.5) is 0 Å². The van der Waals surface area contributed by atoms with Crippen molar-refractivity contribution < 1.29 is 4.74 Å². The summed E-state index contributed by atoms with van der Waals surface area (Å²) in [5, 5.41) is 3.29. The fourth-order valence-corrected chi connectivity index (χ4v) is 2.51. The first-order valence-corrected chi connectivity index (χ1v) is 7.79. The lowest BCUT2D eigenvalue weighted by Gasteiger charge is -2.14. The lowest BCUT2D eigenvalue weighted by molar-refractivity contribution is 0.415. The van der Waals surface area contributed by atoms with Gasteiger partial charge in [-0.1, -0.05) is 25.1 Å². The Morgan fingerprint density at radius 3 is 2.68 bits per heavy atom. The molecule has 0 saturated heterocycles. The third-order valence-electron chi connectivity index (χ3n) is 3.68. The highest BCUT2D eigenvalue weighted by Crippen LogP contribution is 2.23. The van der Waals surface area contributed by atoms with E-state index in [1.165, 1.54) is 0 Å². The van der Waals surface area contributed by atoms with Crippen LogP contribution in [0.3, 0.4) is 0 Å². The lowest BCUT2D eigenvalue weighted by Crippen LogP contribution is -2.28. The number of hydrogen-bond donors (Lipinski definition) is 1. The van der Waals surface area contributed by atoms with Gasteiger partial charge in [0.05, 0.1) is 12.8 Å². The van der Waals surface area contributed by atoms with Gasteiger partial charge in [0.1, 0.15) is 5.75 Å². The fourth-order valence-electron chi connectivity index (χ4n) is 2.51. The zero-order valence-electron chi connectivity index (χ0n) is 13.6. The molecule has 0 radical (unpaired) electrons. The highest BCUT2D eigenvalue weighted by Gasteiger charge is 2.09. The van der Waals surface area contributed by atoms with E-state index in [-0.39, 0.29) is 5.56 Å². The third-order valence-corrected chi connectivity index (χ3v) is 3.68. The molecule has 0 saturated carbocycles. The van der Waals surface area contributed by atoms with Gasteiger partial charge in [-0.15, -0.1) is 0 Å². The maximum absolute atomic E-state index is 12.6. The zero-order valence-corrected chi connectivity index (χ0v) is 13.6. The highest BCUT2D eigenvalue weighted by atomic mass is 16.5. The molecule has 0 spiro atoms. The average molecular weight is 300 g/mol. The van der Waals surface area contributed by atoms with Crippen molar-refractivity contribution in [3.8, 4) is 17.0 Å². The Bertz CT molecular complexity index is 677. The molecule has 0 atom stereocenters. The second kappa shape index (κ2) is 7.80. The number of benzene rings is 1. The summed E-state index contributed by atoms with van der Waals surface area (Å²) in [6.45, 7) is 6.29. The minimum absolute atomic E-state index is 0.0754. The number of nitrogens with one attached hydrogen (secondary N) is 1. The van der Waals surface area contributed by atoms with E-state index in [0.717, 1.165) is 35.5 Å². The van der Waals surface area contributed by atoms with Crippen LogP contribution in [0.25, 0.3) is 11.3 Å². The summed E-state index contributed by atoms with van der Waals surface area (Å²) in [6, 6.07) is 11.7. The van der Waals surface area contributed by atoms with Gasteiger partial charge in [0.2, 0.25) is 0 Å². The van der Waals surface area contributed by atoms with Crippen molar-refractivity contribution in [2.45, 2.75) is 33.4 Å². The quantitative estimate of drug-likeness (QED) is 0.799. The van der Waals surface area contributed by atoms with E-state index in [1.807, 2.05) is 47.9 Å². The largest absolute Gasteiger partial charge is 0.497 e. The van der Waals surface area contributed by atoms with Gasteiger partial charge in [-0.3, -0.25) is 4.79 Å².